The van der Waals surface area contributed by atoms with E-state index in [1.54, 1.807) is 16.7 Å². The first-order chi connectivity index (χ1) is 14.2. The SMILES string of the molecule is CN(Cc1ccc(C#N)cc1)[C@H]1C[C@@H](C(=O)N2CCSC2)N(C(=O)OC(C)(C)C)C1. The van der Waals surface area contributed by atoms with E-state index in [2.05, 4.69) is 11.0 Å². The van der Waals surface area contributed by atoms with Gasteiger partial charge in [0.25, 0.3) is 0 Å². The third-order valence-electron chi connectivity index (χ3n) is 5.39. The summed E-state index contributed by atoms with van der Waals surface area (Å²) in [5.74, 6) is 1.64. The van der Waals surface area contributed by atoms with E-state index in [0.717, 1.165) is 17.9 Å². The van der Waals surface area contributed by atoms with E-state index in [4.69, 9.17) is 10.00 Å². The Kier molecular flexibility index (Phi) is 6.94. The zero-order chi connectivity index (χ0) is 21.9. The van der Waals surface area contributed by atoms with Crippen molar-refractivity contribution < 1.29 is 14.3 Å². The van der Waals surface area contributed by atoms with Crippen LogP contribution in [0.4, 0.5) is 4.79 Å². The largest absolute Gasteiger partial charge is 0.444 e. The van der Waals surface area contributed by atoms with Gasteiger partial charge in [-0.15, -0.1) is 11.8 Å². The number of likely N-dealkylation sites (N-methyl/N-ethyl adjacent to an activating group) is 1. The Morgan fingerprint density at radius 3 is 2.57 bits per heavy atom. The summed E-state index contributed by atoms with van der Waals surface area (Å²) < 4.78 is 5.60. The van der Waals surface area contributed by atoms with E-state index in [0.29, 0.717) is 31.0 Å². The Labute approximate surface area is 182 Å². The van der Waals surface area contributed by atoms with Gasteiger partial charge in [-0.25, -0.2) is 4.79 Å². The molecule has 162 valence electrons. The number of carbonyl (C=O) groups excluding carboxylic acids is 2. The van der Waals surface area contributed by atoms with Crippen LogP contribution in [0.5, 0.6) is 0 Å². The molecule has 30 heavy (non-hydrogen) atoms. The number of ether oxygens (including phenoxy) is 1. The molecule has 0 aliphatic carbocycles. The van der Waals surface area contributed by atoms with E-state index in [-0.39, 0.29) is 11.9 Å². The molecule has 2 amide bonds. The summed E-state index contributed by atoms with van der Waals surface area (Å²) in [5.41, 5.74) is 1.11. The molecule has 0 bridgehead atoms. The molecule has 0 radical (unpaired) electrons. The minimum atomic E-state index is -0.610. The molecule has 0 spiro atoms. The number of hydrogen-bond acceptors (Lipinski definition) is 6. The van der Waals surface area contributed by atoms with Crippen LogP contribution < -0.4 is 0 Å². The number of benzene rings is 1. The molecule has 1 aromatic carbocycles. The van der Waals surface area contributed by atoms with Crippen LogP contribution in [0.2, 0.25) is 0 Å². The standard InChI is InChI=1S/C22H30N4O3S/c1-22(2,3)29-21(28)26-14-18(11-19(26)20(27)25-9-10-30-15-25)24(4)13-17-7-5-16(12-23)6-8-17/h5-8,18-19H,9-11,13-15H2,1-4H3/t18-,19-/m0/s1. The van der Waals surface area contributed by atoms with Gasteiger partial charge in [0.15, 0.2) is 0 Å². The van der Waals surface area contributed by atoms with Gasteiger partial charge in [0.1, 0.15) is 11.6 Å². The van der Waals surface area contributed by atoms with Crippen LogP contribution in [0, 0.1) is 11.3 Å². The number of thioether (sulfide) groups is 1. The third-order valence-corrected chi connectivity index (χ3v) is 6.36. The quantitative estimate of drug-likeness (QED) is 0.731. The van der Waals surface area contributed by atoms with Gasteiger partial charge in [-0.3, -0.25) is 14.6 Å². The fourth-order valence-electron chi connectivity index (χ4n) is 3.79. The summed E-state index contributed by atoms with van der Waals surface area (Å²) in [5, 5.41) is 8.97. The number of rotatable bonds is 4. The van der Waals surface area contributed by atoms with Crippen molar-refractivity contribution >= 4 is 23.8 Å². The van der Waals surface area contributed by atoms with Crippen LogP contribution in [-0.2, 0) is 16.1 Å². The number of nitriles is 1. The molecule has 8 heteroatoms. The molecular weight excluding hydrogens is 400 g/mol. The van der Waals surface area contributed by atoms with Crippen molar-refractivity contribution in [2.24, 2.45) is 0 Å². The summed E-state index contributed by atoms with van der Waals surface area (Å²) >= 11 is 1.74. The highest BCUT2D eigenvalue weighted by atomic mass is 32.2. The number of amides is 2. The van der Waals surface area contributed by atoms with Crippen molar-refractivity contribution in [1.82, 2.24) is 14.7 Å². The summed E-state index contributed by atoms with van der Waals surface area (Å²) in [6.07, 6.45) is 0.161. The van der Waals surface area contributed by atoms with Crippen LogP contribution in [0.15, 0.2) is 24.3 Å². The molecule has 0 saturated carbocycles. The topological polar surface area (TPSA) is 76.9 Å². The lowest BCUT2D eigenvalue weighted by Crippen LogP contribution is -2.48. The summed E-state index contributed by atoms with van der Waals surface area (Å²) in [4.78, 5) is 31.6. The zero-order valence-electron chi connectivity index (χ0n) is 18.1. The van der Waals surface area contributed by atoms with Crippen molar-refractivity contribution in [3.63, 3.8) is 0 Å². The van der Waals surface area contributed by atoms with Gasteiger partial charge in [0.2, 0.25) is 5.91 Å². The van der Waals surface area contributed by atoms with Crippen molar-refractivity contribution in [2.75, 3.05) is 31.8 Å². The Bertz CT molecular complexity index is 809. The van der Waals surface area contributed by atoms with Crippen LogP contribution in [0.1, 0.15) is 38.3 Å². The van der Waals surface area contributed by atoms with Crippen LogP contribution in [0.25, 0.3) is 0 Å². The van der Waals surface area contributed by atoms with Gasteiger partial charge in [0.05, 0.1) is 17.5 Å². The van der Waals surface area contributed by atoms with Gasteiger partial charge in [-0.05, 0) is 51.9 Å². The number of likely N-dealkylation sites (tertiary alicyclic amines) is 1. The molecule has 0 aromatic heterocycles. The molecular formula is C22H30N4O3S. The highest BCUT2D eigenvalue weighted by Crippen LogP contribution is 2.28. The molecule has 0 unspecified atom stereocenters. The van der Waals surface area contributed by atoms with Gasteiger partial charge >= 0.3 is 6.09 Å². The van der Waals surface area contributed by atoms with Crippen LogP contribution in [0.3, 0.4) is 0 Å². The molecule has 3 rings (SSSR count). The van der Waals surface area contributed by atoms with E-state index in [1.807, 2.05) is 57.0 Å². The molecule has 2 heterocycles. The fourth-order valence-corrected chi connectivity index (χ4v) is 4.75. The predicted octanol–water partition coefficient (Wildman–Crippen LogP) is 2.90. The first-order valence-electron chi connectivity index (χ1n) is 10.2. The minimum Gasteiger partial charge on any atom is -0.444 e. The molecule has 2 aliphatic heterocycles. The lowest BCUT2D eigenvalue weighted by Gasteiger charge is -2.29. The Morgan fingerprint density at radius 2 is 2.00 bits per heavy atom. The maximum absolute atomic E-state index is 13.1. The van der Waals surface area contributed by atoms with Gasteiger partial charge in [0, 0.05) is 31.4 Å². The van der Waals surface area contributed by atoms with Crippen molar-refractivity contribution in [3.8, 4) is 6.07 Å². The maximum atomic E-state index is 13.1. The second-order valence-corrected chi connectivity index (χ2v) is 9.98. The summed E-state index contributed by atoms with van der Waals surface area (Å²) in [6.45, 7) is 7.38. The maximum Gasteiger partial charge on any atom is 0.411 e. The molecule has 2 aliphatic rings. The average Bonchev–Trinajstić information content (AvgIpc) is 3.37. The highest BCUT2D eigenvalue weighted by Gasteiger charge is 2.44. The second-order valence-electron chi connectivity index (χ2n) is 8.90. The zero-order valence-corrected chi connectivity index (χ0v) is 18.9. The Morgan fingerprint density at radius 1 is 1.30 bits per heavy atom. The normalized spacial score (nSPS) is 21.7. The lowest BCUT2D eigenvalue weighted by atomic mass is 10.1. The predicted molar refractivity (Wildman–Crippen MR) is 117 cm³/mol. The van der Waals surface area contributed by atoms with Gasteiger partial charge in [-0.2, -0.15) is 5.26 Å². The van der Waals surface area contributed by atoms with Crippen molar-refractivity contribution in [1.29, 1.82) is 5.26 Å². The second kappa shape index (κ2) is 9.27. The van der Waals surface area contributed by atoms with Crippen molar-refractivity contribution in [3.05, 3.63) is 35.4 Å². The van der Waals surface area contributed by atoms with Crippen LogP contribution >= 0.6 is 11.8 Å². The minimum absolute atomic E-state index is 0.0140. The van der Waals surface area contributed by atoms with Gasteiger partial charge in [-0.1, -0.05) is 12.1 Å². The molecule has 7 nitrogen and oxygen atoms in total. The molecule has 0 N–H and O–H groups in total. The lowest BCUT2D eigenvalue weighted by molar-refractivity contribution is -0.134. The average molecular weight is 431 g/mol. The molecule has 2 atom stereocenters. The van der Waals surface area contributed by atoms with Crippen molar-refractivity contribution in [2.45, 2.75) is 51.4 Å². The smallest absolute Gasteiger partial charge is 0.411 e. The number of nitrogens with zero attached hydrogens (tertiary/aromatic N) is 4. The Hall–Kier alpha value is -2.24. The summed E-state index contributed by atoms with van der Waals surface area (Å²) in [6, 6.07) is 9.19. The molecule has 1 aromatic rings. The molecule has 2 fully saturated rings. The highest BCUT2D eigenvalue weighted by molar-refractivity contribution is 7.99. The summed E-state index contributed by atoms with van der Waals surface area (Å²) in [7, 11) is 2.01. The van der Waals surface area contributed by atoms with E-state index in [9.17, 15) is 9.59 Å². The monoisotopic (exact) mass is 430 g/mol. The fraction of sp³-hybridized carbons (Fsp3) is 0.591. The molecule has 2 saturated heterocycles. The Balaban J connectivity index is 1.72. The first-order valence-corrected chi connectivity index (χ1v) is 11.4. The van der Waals surface area contributed by atoms with E-state index < -0.39 is 17.7 Å². The van der Waals surface area contributed by atoms with Crippen LogP contribution in [-0.4, -0.2) is 76.2 Å². The van der Waals surface area contributed by atoms with Gasteiger partial charge < -0.3 is 9.64 Å². The number of hydrogen-bond donors (Lipinski definition) is 0. The van der Waals surface area contributed by atoms with E-state index in [1.165, 1.54) is 0 Å². The third kappa shape index (κ3) is 5.46. The number of carbonyl (C=O) groups is 2. The first kappa shape index (κ1) is 22.4. The van der Waals surface area contributed by atoms with E-state index >= 15 is 0 Å².